The number of carbonyl (C=O) groups is 1. The van der Waals surface area contributed by atoms with E-state index >= 15 is 0 Å². The van der Waals surface area contributed by atoms with E-state index < -0.39 is 0 Å². The summed E-state index contributed by atoms with van der Waals surface area (Å²) >= 11 is 0. The first kappa shape index (κ1) is 16.3. The van der Waals surface area contributed by atoms with Crippen molar-refractivity contribution in [1.29, 1.82) is 0 Å². The van der Waals surface area contributed by atoms with Crippen LogP contribution in [0.2, 0.25) is 0 Å². The number of nitrogens with zero attached hydrogens (tertiary/aromatic N) is 3. The number of aryl methyl sites for hydroxylation is 2. The quantitative estimate of drug-likeness (QED) is 0.893. The molecule has 0 fully saturated rings. The normalized spacial score (nSPS) is 16.2. The monoisotopic (exact) mass is 330 g/mol. The van der Waals surface area contributed by atoms with Gasteiger partial charge in [0.2, 0.25) is 5.91 Å². The maximum Gasteiger partial charge on any atom is 0.226 e. The molecule has 7 nitrogen and oxygen atoms in total. The molecule has 1 aliphatic heterocycles. The second-order valence-electron chi connectivity index (χ2n) is 5.91. The number of amides is 1. The van der Waals surface area contributed by atoms with E-state index in [0.717, 1.165) is 28.7 Å². The number of benzene rings is 1. The molecule has 2 heterocycles. The number of nitrogens with one attached hydrogen (secondary N) is 1. The largest absolute Gasteiger partial charge is 0.497 e. The molecule has 0 spiro atoms. The molecular formula is C17H22N4O3. The van der Waals surface area contributed by atoms with Gasteiger partial charge in [-0.1, -0.05) is 6.07 Å². The van der Waals surface area contributed by atoms with E-state index in [2.05, 4.69) is 15.4 Å². The molecular weight excluding hydrogens is 308 g/mol. The van der Waals surface area contributed by atoms with Gasteiger partial charge in [-0.3, -0.25) is 4.79 Å². The van der Waals surface area contributed by atoms with E-state index in [9.17, 15) is 4.79 Å². The Hall–Kier alpha value is -2.57. The number of hydrogen-bond acceptors (Lipinski definition) is 5. The predicted octanol–water partition coefficient (Wildman–Crippen LogP) is 1.27. The van der Waals surface area contributed by atoms with Gasteiger partial charge < -0.3 is 14.8 Å². The van der Waals surface area contributed by atoms with Crippen LogP contribution in [0.25, 0.3) is 0 Å². The minimum absolute atomic E-state index is 0.00552. The van der Waals surface area contributed by atoms with Crippen molar-refractivity contribution in [3.63, 3.8) is 0 Å². The zero-order valence-corrected chi connectivity index (χ0v) is 14.2. The van der Waals surface area contributed by atoms with Gasteiger partial charge in [-0.2, -0.15) is 5.10 Å². The van der Waals surface area contributed by atoms with Crippen molar-refractivity contribution in [2.24, 2.45) is 5.92 Å². The Morgan fingerprint density at radius 3 is 3.00 bits per heavy atom. The standard InChI is InChI=1S/C17H22N4O3/c1-11-19-12(2)21(20-11)7-6-18-17(22)14-8-13-4-5-15(23-3)9-16(13)24-10-14/h4-5,9,14H,6-8,10H2,1-3H3,(H,18,22)/t14-/m0/s1. The minimum Gasteiger partial charge on any atom is -0.497 e. The molecule has 1 N–H and O–H groups in total. The van der Waals surface area contributed by atoms with Crippen molar-refractivity contribution < 1.29 is 14.3 Å². The van der Waals surface area contributed by atoms with Crippen molar-refractivity contribution in [3.8, 4) is 11.5 Å². The van der Waals surface area contributed by atoms with Crippen LogP contribution in [-0.4, -0.2) is 40.9 Å². The van der Waals surface area contributed by atoms with Crippen LogP contribution in [-0.2, 0) is 17.8 Å². The van der Waals surface area contributed by atoms with Crippen LogP contribution in [0, 0.1) is 19.8 Å². The molecule has 2 aromatic rings. The summed E-state index contributed by atoms with van der Waals surface area (Å²) in [5.41, 5.74) is 1.03. The van der Waals surface area contributed by atoms with Crippen LogP contribution in [0.1, 0.15) is 17.2 Å². The van der Waals surface area contributed by atoms with Crippen LogP contribution in [0.15, 0.2) is 18.2 Å². The Morgan fingerprint density at radius 2 is 2.29 bits per heavy atom. The SMILES string of the molecule is COc1ccc2c(c1)OC[C@@H](C(=O)NCCn1nc(C)nc1C)C2. The van der Waals surface area contributed by atoms with Crippen molar-refractivity contribution in [3.05, 3.63) is 35.4 Å². The number of carbonyl (C=O) groups excluding carboxylic acids is 1. The highest BCUT2D eigenvalue weighted by Crippen LogP contribution is 2.30. The van der Waals surface area contributed by atoms with Crippen molar-refractivity contribution in [2.75, 3.05) is 20.3 Å². The number of hydrogen-bond donors (Lipinski definition) is 1. The van der Waals surface area contributed by atoms with Gasteiger partial charge in [0.1, 0.15) is 29.8 Å². The molecule has 0 saturated heterocycles. The van der Waals surface area contributed by atoms with Gasteiger partial charge in [0, 0.05) is 12.6 Å². The molecule has 24 heavy (non-hydrogen) atoms. The second-order valence-corrected chi connectivity index (χ2v) is 5.91. The lowest BCUT2D eigenvalue weighted by atomic mass is 9.96. The third-order valence-corrected chi connectivity index (χ3v) is 4.14. The summed E-state index contributed by atoms with van der Waals surface area (Å²) in [5, 5.41) is 7.24. The molecule has 1 aliphatic rings. The second kappa shape index (κ2) is 6.90. The molecule has 1 aromatic carbocycles. The van der Waals surface area contributed by atoms with Crippen LogP contribution in [0.3, 0.4) is 0 Å². The van der Waals surface area contributed by atoms with E-state index in [1.807, 2.05) is 32.0 Å². The molecule has 0 saturated carbocycles. The van der Waals surface area contributed by atoms with Crippen molar-refractivity contribution in [2.45, 2.75) is 26.8 Å². The highest BCUT2D eigenvalue weighted by atomic mass is 16.5. The summed E-state index contributed by atoms with van der Waals surface area (Å²) in [6.07, 6.45) is 0.673. The Kier molecular flexibility index (Phi) is 4.69. The van der Waals surface area contributed by atoms with Gasteiger partial charge in [0.05, 0.1) is 19.6 Å². The van der Waals surface area contributed by atoms with Crippen LogP contribution in [0.4, 0.5) is 0 Å². The third kappa shape index (κ3) is 3.50. The Balaban J connectivity index is 1.53. The van der Waals surface area contributed by atoms with E-state index in [1.165, 1.54) is 0 Å². The molecule has 0 aliphatic carbocycles. The number of fused-ring (bicyclic) bond motifs is 1. The topological polar surface area (TPSA) is 78.3 Å². The first-order chi connectivity index (χ1) is 11.6. The smallest absolute Gasteiger partial charge is 0.226 e. The Bertz CT molecular complexity index is 741. The zero-order valence-electron chi connectivity index (χ0n) is 14.2. The zero-order chi connectivity index (χ0) is 17.1. The summed E-state index contributed by atoms with van der Waals surface area (Å²) in [6.45, 7) is 5.28. The molecule has 1 atom stereocenters. The Labute approximate surface area is 141 Å². The van der Waals surface area contributed by atoms with Crippen LogP contribution in [0.5, 0.6) is 11.5 Å². The fourth-order valence-corrected chi connectivity index (χ4v) is 2.85. The third-order valence-electron chi connectivity index (χ3n) is 4.14. The number of methoxy groups -OCH3 is 1. The summed E-state index contributed by atoms with van der Waals surface area (Å²) < 4.78 is 12.7. The van der Waals surface area contributed by atoms with E-state index in [1.54, 1.807) is 11.8 Å². The summed E-state index contributed by atoms with van der Waals surface area (Å²) in [7, 11) is 1.62. The van der Waals surface area contributed by atoms with E-state index in [0.29, 0.717) is 26.1 Å². The van der Waals surface area contributed by atoms with Gasteiger partial charge in [0.25, 0.3) is 0 Å². The maximum atomic E-state index is 12.4. The number of rotatable bonds is 5. The molecule has 0 unspecified atom stereocenters. The van der Waals surface area contributed by atoms with Gasteiger partial charge in [-0.05, 0) is 31.9 Å². The van der Waals surface area contributed by atoms with Gasteiger partial charge in [-0.25, -0.2) is 9.67 Å². The van der Waals surface area contributed by atoms with E-state index in [-0.39, 0.29) is 11.8 Å². The molecule has 1 amide bonds. The summed E-state index contributed by atoms with van der Waals surface area (Å²) in [6, 6.07) is 5.70. The molecule has 0 bridgehead atoms. The van der Waals surface area contributed by atoms with Gasteiger partial charge in [-0.15, -0.1) is 0 Å². The molecule has 7 heteroatoms. The fraction of sp³-hybridized carbons (Fsp3) is 0.471. The molecule has 128 valence electrons. The lowest BCUT2D eigenvalue weighted by Crippen LogP contribution is -2.38. The molecule has 0 radical (unpaired) electrons. The first-order valence-corrected chi connectivity index (χ1v) is 8.02. The van der Waals surface area contributed by atoms with Crippen LogP contribution < -0.4 is 14.8 Å². The Morgan fingerprint density at radius 1 is 1.46 bits per heavy atom. The minimum atomic E-state index is -0.176. The lowest BCUT2D eigenvalue weighted by molar-refractivity contribution is -0.126. The van der Waals surface area contributed by atoms with E-state index in [4.69, 9.17) is 9.47 Å². The highest BCUT2D eigenvalue weighted by molar-refractivity contribution is 5.79. The van der Waals surface area contributed by atoms with Gasteiger partial charge >= 0.3 is 0 Å². The number of ether oxygens (including phenoxy) is 2. The molecule has 3 rings (SSSR count). The fourth-order valence-electron chi connectivity index (χ4n) is 2.85. The van der Waals surface area contributed by atoms with Gasteiger partial charge in [0.15, 0.2) is 0 Å². The first-order valence-electron chi connectivity index (χ1n) is 8.02. The summed E-state index contributed by atoms with van der Waals surface area (Å²) in [5.74, 6) is 2.98. The highest BCUT2D eigenvalue weighted by Gasteiger charge is 2.26. The molecule has 1 aromatic heterocycles. The predicted molar refractivity (Wildman–Crippen MR) is 88.2 cm³/mol. The van der Waals surface area contributed by atoms with Crippen LogP contribution >= 0.6 is 0 Å². The van der Waals surface area contributed by atoms with Crippen molar-refractivity contribution in [1.82, 2.24) is 20.1 Å². The number of aromatic nitrogens is 3. The average molecular weight is 330 g/mol. The average Bonchev–Trinajstić information content (AvgIpc) is 2.91. The lowest BCUT2D eigenvalue weighted by Gasteiger charge is -2.25. The summed E-state index contributed by atoms with van der Waals surface area (Å²) in [4.78, 5) is 16.6. The van der Waals surface area contributed by atoms with Crippen molar-refractivity contribution >= 4 is 5.91 Å². The maximum absolute atomic E-state index is 12.4.